The van der Waals surface area contributed by atoms with Gasteiger partial charge in [0.1, 0.15) is 5.01 Å². The van der Waals surface area contributed by atoms with Crippen LogP contribution in [0.25, 0.3) is 0 Å². The van der Waals surface area contributed by atoms with Crippen LogP contribution in [0.15, 0.2) is 35.6 Å². The SMILES string of the molecule is C=C(C)/C(=C\C=C(C)C)N(CCC)c1nn(C2CCOCC2)c2c1CN(c1nnc(C)s1)CC2. The second-order valence-corrected chi connectivity index (χ2v) is 10.7. The Morgan fingerprint density at radius 2 is 1.97 bits per heavy atom. The Labute approximate surface area is 207 Å². The van der Waals surface area contributed by atoms with Crippen molar-refractivity contribution < 1.29 is 4.74 Å². The second-order valence-electron chi connectivity index (χ2n) is 9.54. The van der Waals surface area contributed by atoms with Gasteiger partial charge < -0.3 is 14.5 Å². The van der Waals surface area contributed by atoms with Crippen molar-refractivity contribution in [1.29, 1.82) is 0 Å². The van der Waals surface area contributed by atoms with Gasteiger partial charge in [-0.25, -0.2) is 0 Å². The minimum atomic E-state index is 0.394. The fourth-order valence-corrected chi connectivity index (χ4v) is 5.44. The number of hydrogen-bond acceptors (Lipinski definition) is 7. The minimum Gasteiger partial charge on any atom is -0.381 e. The molecule has 1 saturated heterocycles. The van der Waals surface area contributed by atoms with Crippen LogP contribution >= 0.6 is 11.3 Å². The molecule has 0 saturated carbocycles. The van der Waals surface area contributed by atoms with Crippen LogP contribution in [-0.2, 0) is 17.7 Å². The zero-order valence-corrected chi connectivity index (χ0v) is 22.1. The highest BCUT2D eigenvalue weighted by Gasteiger charge is 2.32. The van der Waals surface area contributed by atoms with E-state index in [0.717, 1.165) is 85.8 Å². The molecule has 8 heteroatoms. The highest BCUT2D eigenvalue weighted by atomic mass is 32.1. The van der Waals surface area contributed by atoms with Crippen LogP contribution in [0.4, 0.5) is 10.9 Å². The Kier molecular flexibility index (Phi) is 7.88. The molecule has 4 heterocycles. The second kappa shape index (κ2) is 10.9. The van der Waals surface area contributed by atoms with Crippen LogP contribution in [0.5, 0.6) is 0 Å². The Balaban J connectivity index is 1.81. The summed E-state index contributed by atoms with van der Waals surface area (Å²) in [6, 6.07) is 0.394. The molecule has 34 heavy (non-hydrogen) atoms. The van der Waals surface area contributed by atoms with E-state index in [1.54, 1.807) is 11.3 Å². The van der Waals surface area contributed by atoms with Gasteiger partial charge in [-0.3, -0.25) is 4.68 Å². The third-order valence-electron chi connectivity index (χ3n) is 6.39. The number of fused-ring (bicyclic) bond motifs is 1. The predicted molar refractivity (Wildman–Crippen MR) is 141 cm³/mol. The van der Waals surface area contributed by atoms with Crippen LogP contribution in [0.3, 0.4) is 0 Å². The number of rotatable bonds is 8. The number of aryl methyl sites for hydroxylation is 1. The zero-order chi connectivity index (χ0) is 24.2. The van der Waals surface area contributed by atoms with E-state index < -0.39 is 0 Å². The summed E-state index contributed by atoms with van der Waals surface area (Å²) in [6.07, 6.45) is 8.38. The first-order chi connectivity index (χ1) is 16.4. The van der Waals surface area contributed by atoms with E-state index >= 15 is 0 Å². The molecule has 1 fully saturated rings. The quantitative estimate of drug-likeness (QED) is 0.457. The lowest BCUT2D eigenvalue weighted by Gasteiger charge is -2.31. The third kappa shape index (κ3) is 5.28. The van der Waals surface area contributed by atoms with Gasteiger partial charge in [0.2, 0.25) is 5.13 Å². The average molecular weight is 483 g/mol. The van der Waals surface area contributed by atoms with Crippen molar-refractivity contribution in [2.75, 3.05) is 36.1 Å². The predicted octanol–water partition coefficient (Wildman–Crippen LogP) is 5.60. The summed E-state index contributed by atoms with van der Waals surface area (Å²) >= 11 is 1.66. The zero-order valence-electron chi connectivity index (χ0n) is 21.3. The summed E-state index contributed by atoms with van der Waals surface area (Å²) < 4.78 is 7.99. The van der Waals surface area contributed by atoms with Crippen molar-refractivity contribution in [3.8, 4) is 0 Å². The molecule has 2 aliphatic rings. The molecule has 0 aromatic carbocycles. The van der Waals surface area contributed by atoms with E-state index in [1.807, 2.05) is 6.92 Å². The molecular weight excluding hydrogens is 444 g/mol. The number of anilines is 2. The highest BCUT2D eigenvalue weighted by Crippen LogP contribution is 2.37. The maximum atomic E-state index is 5.66. The molecular formula is C26H38N6OS. The van der Waals surface area contributed by atoms with Gasteiger partial charge in [0, 0.05) is 49.7 Å². The lowest BCUT2D eigenvalue weighted by Crippen LogP contribution is -2.33. The number of hydrogen-bond donors (Lipinski definition) is 0. The van der Waals surface area contributed by atoms with Gasteiger partial charge in [-0.1, -0.05) is 36.5 Å². The molecule has 0 unspecified atom stereocenters. The van der Waals surface area contributed by atoms with Gasteiger partial charge in [-0.2, -0.15) is 5.10 Å². The highest BCUT2D eigenvalue weighted by molar-refractivity contribution is 7.15. The fraction of sp³-hybridized carbons (Fsp3) is 0.577. The minimum absolute atomic E-state index is 0.394. The molecule has 0 atom stereocenters. The van der Waals surface area contributed by atoms with E-state index in [-0.39, 0.29) is 0 Å². The van der Waals surface area contributed by atoms with Crippen molar-refractivity contribution in [2.24, 2.45) is 0 Å². The standard InChI is InChI=1S/C26H38N6OS/c1-7-13-31(23(19(4)5)9-8-18(2)3)25-22-17-30(26-28-27-20(6)34-26)14-10-24(22)32(29-25)21-11-15-33-16-12-21/h8-9,21H,4,7,10-17H2,1-3,5-6H3/b23-9+. The van der Waals surface area contributed by atoms with Crippen LogP contribution < -0.4 is 9.80 Å². The molecule has 0 spiro atoms. The first-order valence-corrected chi connectivity index (χ1v) is 13.2. The van der Waals surface area contributed by atoms with Crippen molar-refractivity contribution in [2.45, 2.75) is 72.9 Å². The Morgan fingerprint density at radius 3 is 2.59 bits per heavy atom. The van der Waals surface area contributed by atoms with Crippen molar-refractivity contribution >= 4 is 22.3 Å². The van der Waals surface area contributed by atoms with Gasteiger partial charge in [0.15, 0.2) is 5.82 Å². The van der Waals surface area contributed by atoms with E-state index in [2.05, 4.69) is 71.1 Å². The summed E-state index contributed by atoms with van der Waals surface area (Å²) in [5, 5.41) is 16.0. The summed E-state index contributed by atoms with van der Waals surface area (Å²) in [4.78, 5) is 4.74. The summed E-state index contributed by atoms with van der Waals surface area (Å²) in [7, 11) is 0. The number of allylic oxidation sites excluding steroid dienone is 4. The van der Waals surface area contributed by atoms with E-state index in [0.29, 0.717) is 6.04 Å². The van der Waals surface area contributed by atoms with Gasteiger partial charge in [0.05, 0.1) is 12.6 Å². The molecule has 0 aliphatic carbocycles. The van der Waals surface area contributed by atoms with Crippen LogP contribution in [0.1, 0.15) is 69.3 Å². The summed E-state index contributed by atoms with van der Waals surface area (Å²) in [5.74, 6) is 1.06. The Hall–Kier alpha value is -2.45. The normalized spacial score (nSPS) is 17.0. The topological polar surface area (TPSA) is 59.3 Å². The van der Waals surface area contributed by atoms with Gasteiger partial charge in [-0.15, -0.1) is 10.2 Å². The lowest BCUT2D eigenvalue weighted by atomic mass is 10.0. The first kappa shape index (κ1) is 24.7. The van der Waals surface area contributed by atoms with Gasteiger partial charge in [-0.05, 0) is 58.6 Å². The average Bonchev–Trinajstić information content (AvgIpc) is 3.42. The van der Waals surface area contributed by atoms with Crippen LogP contribution in [-0.4, -0.2) is 46.3 Å². The molecule has 2 aromatic rings. The van der Waals surface area contributed by atoms with Crippen molar-refractivity contribution in [3.63, 3.8) is 0 Å². The first-order valence-electron chi connectivity index (χ1n) is 12.4. The molecule has 2 aromatic heterocycles. The van der Waals surface area contributed by atoms with Gasteiger partial charge >= 0.3 is 0 Å². The molecule has 2 aliphatic heterocycles. The smallest absolute Gasteiger partial charge is 0.208 e. The molecule has 0 bridgehead atoms. The lowest BCUT2D eigenvalue weighted by molar-refractivity contribution is 0.0654. The van der Waals surface area contributed by atoms with E-state index in [1.165, 1.54) is 16.8 Å². The maximum absolute atomic E-state index is 5.66. The fourth-order valence-electron chi connectivity index (χ4n) is 4.73. The van der Waals surface area contributed by atoms with Crippen LogP contribution in [0, 0.1) is 6.92 Å². The number of aromatic nitrogens is 4. The Bertz CT molecular complexity index is 1070. The summed E-state index contributed by atoms with van der Waals surface area (Å²) in [6.45, 7) is 19.1. The third-order valence-corrected chi connectivity index (χ3v) is 7.29. The molecule has 4 rings (SSSR count). The molecule has 0 amide bonds. The van der Waals surface area contributed by atoms with Gasteiger partial charge in [0.25, 0.3) is 0 Å². The monoisotopic (exact) mass is 482 g/mol. The Morgan fingerprint density at radius 1 is 1.21 bits per heavy atom. The molecule has 184 valence electrons. The molecule has 7 nitrogen and oxygen atoms in total. The van der Waals surface area contributed by atoms with Crippen molar-refractivity contribution in [3.05, 3.63) is 51.8 Å². The largest absolute Gasteiger partial charge is 0.381 e. The maximum Gasteiger partial charge on any atom is 0.208 e. The van der Waals surface area contributed by atoms with Crippen molar-refractivity contribution in [1.82, 2.24) is 20.0 Å². The number of nitrogens with zero attached hydrogens (tertiary/aromatic N) is 6. The van der Waals surface area contributed by atoms with E-state index in [9.17, 15) is 0 Å². The van der Waals surface area contributed by atoms with E-state index in [4.69, 9.17) is 9.84 Å². The number of ether oxygens (including phenoxy) is 1. The molecule has 0 N–H and O–H groups in total. The molecule has 0 radical (unpaired) electrons. The van der Waals surface area contributed by atoms with Crippen LogP contribution in [0.2, 0.25) is 0 Å². The summed E-state index contributed by atoms with van der Waals surface area (Å²) in [5.41, 5.74) is 6.12.